The van der Waals surface area contributed by atoms with Crippen molar-refractivity contribution >= 4 is 11.1 Å². The standard InChI is InChI=1S/C8H10O4S.Na/c1-11-7-4-3-6(13(9)10)5-8(7)12-2;/h3-5H,1-2H3,(H,9,10);/q;+1/p-1. The second-order valence-corrected chi connectivity index (χ2v) is 3.19. The van der Waals surface area contributed by atoms with Crippen molar-refractivity contribution in [2.24, 2.45) is 0 Å². The van der Waals surface area contributed by atoms with E-state index in [1.807, 2.05) is 0 Å². The van der Waals surface area contributed by atoms with Crippen LogP contribution in [0.3, 0.4) is 0 Å². The second kappa shape index (κ2) is 6.42. The van der Waals surface area contributed by atoms with Crippen LogP contribution in [0.25, 0.3) is 0 Å². The van der Waals surface area contributed by atoms with E-state index < -0.39 is 11.1 Å². The molecule has 0 heterocycles. The third-order valence-corrected chi connectivity index (χ3v) is 2.19. The van der Waals surface area contributed by atoms with Gasteiger partial charge in [-0.1, -0.05) is 0 Å². The number of methoxy groups -OCH3 is 2. The molecule has 0 amide bonds. The summed E-state index contributed by atoms with van der Waals surface area (Å²) in [4.78, 5) is 0.178. The number of ether oxygens (including phenoxy) is 2. The first-order valence-electron chi connectivity index (χ1n) is 3.50. The Kier molecular flexibility index (Phi) is 6.39. The maximum Gasteiger partial charge on any atom is 1.00 e. The monoisotopic (exact) mass is 224 g/mol. The average molecular weight is 224 g/mol. The van der Waals surface area contributed by atoms with Crippen molar-refractivity contribution in [1.29, 1.82) is 0 Å². The van der Waals surface area contributed by atoms with Crippen LogP contribution in [0.4, 0.5) is 0 Å². The van der Waals surface area contributed by atoms with Crippen molar-refractivity contribution in [3.05, 3.63) is 18.2 Å². The Bertz CT molecular complexity index is 329. The Hall–Kier alpha value is -0.0700. The molecule has 1 atom stereocenters. The summed E-state index contributed by atoms with van der Waals surface area (Å²) in [5.41, 5.74) is 0. The van der Waals surface area contributed by atoms with Crippen LogP contribution < -0.4 is 39.0 Å². The molecule has 0 saturated heterocycles. The van der Waals surface area contributed by atoms with Gasteiger partial charge >= 0.3 is 29.6 Å². The molecular weight excluding hydrogens is 215 g/mol. The molecule has 0 spiro atoms. The number of hydrogen-bond donors (Lipinski definition) is 0. The number of hydrogen-bond acceptors (Lipinski definition) is 4. The quantitative estimate of drug-likeness (QED) is 0.438. The fourth-order valence-corrected chi connectivity index (χ4v) is 1.30. The van der Waals surface area contributed by atoms with Crippen molar-refractivity contribution in [2.45, 2.75) is 4.90 Å². The van der Waals surface area contributed by atoms with Gasteiger partial charge < -0.3 is 14.0 Å². The summed E-state index contributed by atoms with van der Waals surface area (Å²) >= 11 is -2.24. The molecule has 0 aliphatic heterocycles. The van der Waals surface area contributed by atoms with Crippen LogP contribution in [0.5, 0.6) is 11.5 Å². The summed E-state index contributed by atoms with van der Waals surface area (Å²) < 4.78 is 31.0. The zero-order valence-corrected chi connectivity index (χ0v) is 11.1. The van der Waals surface area contributed by atoms with Gasteiger partial charge in [-0.15, -0.1) is 0 Å². The molecule has 1 rings (SSSR count). The van der Waals surface area contributed by atoms with Crippen molar-refractivity contribution in [3.8, 4) is 11.5 Å². The third-order valence-electron chi connectivity index (χ3n) is 1.55. The van der Waals surface area contributed by atoms with Crippen LogP contribution in [0.2, 0.25) is 0 Å². The molecule has 0 aromatic heterocycles. The van der Waals surface area contributed by atoms with Gasteiger partial charge in [0.05, 0.1) is 14.2 Å². The Balaban J connectivity index is 0.00000169. The zero-order chi connectivity index (χ0) is 9.84. The van der Waals surface area contributed by atoms with Crippen LogP contribution in [0, 0.1) is 0 Å². The first-order chi connectivity index (χ1) is 6.19. The smallest absolute Gasteiger partial charge is 0.768 e. The van der Waals surface area contributed by atoms with Gasteiger partial charge in [0.1, 0.15) is 0 Å². The first-order valence-corrected chi connectivity index (χ1v) is 4.58. The van der Waals surface area contributed by atoms with Gasteiger partial charge in [-0.3, -0.25) is 4.21 Å². The van der Waals surface area contributed by atoms with Crippen LogP contribution in [0.1, 0.15) is 0 Å². The molecular formula is C8H9NaO4S. The maximum absolute atomic E-state index is 10.6. The normalized spacial score (nSPS) is 11.4. The largest absolute Gasteiger partial charge is 1.00 e. The number of rotatable bonds is 3. The van der Waals surface area contributed by atoms with E-state index >= 15 is 0 Å². The Morgan fingerprint density at radius 3 is 2.21 bits per heavy atom. The van der Waals surface area contributed by atoms with Gasteiger partial charge in [-0.05, 0) is 29.3 Å². The molecule has 0 aliphatic rings. The summed E-state index contributed by atoms with van der Waals surface area (Å²) in [5.74, 6) is 0.918. The minimum absolute atomic E-state index is 0. The molecule has 6 heteroatoms. The third kappa shape index (κ3) is 3.25. The Labute approximate surface area is 107 Å². The van der Waals surface area contributed by atoms with Gasteiger partial charge in [0, 0.05) is 4.90 Å². The van der Waals surface area contributed by atoms with E-state index in [0.717, 1.165) is 0 Å². The predicted octanol–water partition coefficient (Wildman–Crippen LogP) is -2.05. The van der Waals surface area contributed by atoms with Crippen molar-refractivity contribution in [1.82, 2.24) is 0 Å². The van der Waals surface area contributed by atoms with E-state index in [4.69, 9.17) is 9.47 Å². The van der Waals surface area contributed by atoms with Crippen molar-refractivity contribution < 1.29 is 47.8 Å². The fourth-order valence-electron chi connectivity index (χ4n) is 0.920. The molecule has 72 valence electrons. The predicted molar refractivity (Wildman–Crippen MR) is 46.7 cm³/mol. The summed E-state index contributed by atoms with van der Waals surface area (Å²) in [6, 6.07) is 4.40. The molecule has 14 heavy (non-hydrogen) atoms. The molecule has 4 nitrogen and oxygen atoms in total. The minimum atomic E-state index is -2.24. The summed E-state index contributed by atoms with van der Waals surface area (Å²) in [6.07, 6.45) is 0. The van der Waals surface area contributed by atoms with Crippen molar-refractivity contribution in [2.75, 3.05) is 14.2 Å². The fraction of sp³-hybridized carbons (Fsp3) is 0.250. The zero-order valence-electron chi connectivity index (χ0n) is 8.27. The molecule has 1 unspecified atom stereocenters. The van der Waals surface area contributed by atoms with E-state index in [-0.39, 0.29) is 34.5 Å². The van der Waals surface area contributed by atoms with Gasteiger partial charge in [-0.25, -0.2) is 0 Å². The van der Waals surface area contributed by atoms with Gasteiger partial charge in [0.15, 0.2) is 11.5 Å². The average Bonchev–Trinajstić information content (AvgIpc) is 2.16. The van der Waals surface area contributed by atoms with Crippen LogP contribution in [-0.4, -0.2) is 23.0 Å². The van der Waals surface area contributed by atoms with Crippen LogP contribution >= 0.6 is 0 Å². The first kappa shape index (κ1) is 13.9. The molecule has 0 fully saturated rings. The summed E-state index contributed by atoms with van der Waals surface area (Å²) in [6.45, 7) is 0. The molecule has 0 bridgehead atoms. The van der Waals surface area contributed by atoms with E-state index in [1.54, 1.807) is 6.07 Å². The van der Waals surface area contributed by atoms with E-state index in [1.165, 1.54) is 26.4 Å². The van der Waals surface area contributed by atoms with Gasteiger partial charge in [-0.2, -0.15) is 0 Å². The molecule has 1 aromatic carbocycles. The summed E-state index contributed by atoms with van der Waals surface area (Å²) in [5, 5.41) is 0. The molecule has 0 N–H and O–H groups in total. The Morgan fingerprint density at radius 2 is 1.79 bits per heavy atom. The van der Waals surface area contributed by atoms with Gasteiger partial charge in [0.2, 0.25) is 0 Å². The Morgan fingerprint density at radius 1 is 1.21 bits per heavy atom. The molecule has 0 radical (unpaired) electrons. The topological polar surface area (TPSA) is 58.6 Å². The van der Waals surface area contributed by atoms with Gasteiger partial charge in [0.25, 0.3) is 0 Å². The van der Waals surface area contributed by atoms with Crippen LogP contribution in [-0.2, 0) is 11.1 Å². The molecule has 0 saturated carbocycles. The molecule has 1 aromatic rings. The molecule has 0 aliphatic carbocycles. The van der Waals surface area contributed by atoms with E-state index in [0.29, 0.717) is 11.5 Å². The van der Waals surface area contributed by atoms with E-state index in [9.17, 15) is 8.76 Å². The minimum Gasteiger partial charge on any atom is -0.768 e. The van der Waals surface area contributed by atoms with Crippen LogP contribution in [0.15, 0.2) is 23.1 Å². The second-order valence-electron chi connectivity index (χ2n) is 2.25. The number of benzene rings is 1. The van der Waals surface area contributed by atoms with E-state index in [2.05, 4.69) is 0 Å². The maximum atomic E-state index is 10.6. The summed E-state index contributed by atoms with van der Waals surface area (Å²) in [7, 11) is 2.95. The van der Waals surface area contributed by atoms with Crippen molar-refractivity contribution in [3.63, 3.8) is 0 Å². The SMILES string of the molecule is COc1ccc(S(=O)[O-])cc1OC.[Na+].